The van der Waals surface area contributed by atoms with Crippen molar-refractivity contribution in [3.05, 3.63) is 23.4 Å². The van der Waals surface area contributed by atoms with Crippen LogP contribution in [0.1, 0.15) is 11.3 Å². The highest BCUT2D eigenvalue weighted by molar-refractivity contribution is 6.01. The maximum absolute atomic E-state index is 12.8. The predicted molar refractivity (Wildman–Crippen MR) is 71.5 cm³/mol. The van der Waals surface area contributed by atoms with Gasteiger partial charge in [0.2, 0.25) is 0 Å². The van der Waals surface area contributed by atoms with Crippen LogP contribution >= 0.6 is 0 Å². The van der Waals surface area contributed by atoms with E-state index in [-0.39, 0.29) is 17.2 Å². The lowest BCUT2D eigenvalue weighted by molar-refractivity contribution is -0.141. The molecule has 9 heteroatoms. The fraction of sp³-hybridized carbons (Fsp3) is 0.500. The van der Waals surface area contributed by atoms with Crippen molar-refractivity contribution in [2.45, 2.75) is 6.18 Å². The molecule has 0 radical (unpaired) electrons. The second kappa shape index (κ2) is 5.76. The van der Waals surface area contributed by atoms with Gasteiger partial charge in [-0.15, -0.1) is 0 Å². The van der Waals surface area contributed by atoms with Gasteiger partial charge in [0.1, 0.15) is 11.5 Å². The van der Waals surface area contributed by atoms with Crippen molar-refractivity contribution in [1.82, 2.24) is 9.88 Å². The van der Waals surface area contributed by atoms with Crippen LogP contribution in [0.5, 0.6) is 0 Å². The number of nitrogens with zero attached hydrogens (tertiary/aromatic N) is 4. The van der Waals surface area contributed by atoms with Crippen molar-refractivity contribution in [3.8, 4) is 0 Å². The summed E-state index contributed by atoms with van der Waals surface area (Å²) in [4.78, 5) is 7.45. The fourth-order valence-electron chi connectivity index (χ4n) is 2.12. The number of hydrogen-bond donors (Lipinski definition) is 2. The van der Waals surface area contributed by atoms with Crippen LogP contribution in [0.3, 0.4) is 0 Å². The summed E-state index contributed by atoms with van der Waals surface area (Å²) in [5.41, 5.74) is 4.73. The molecule has 3 N–H and O–H groups in total. The Labute approximate surface area is 119 Å². The second-order valence-corrected chi connectivity index (χ2v) is 4.84. The van der Waals surface area contributed by atoms with Gasteiger partial charge >= 0.3 is 6.18 Å². The van der Waals surface area contributed by atoms with Gasteiger partial charge in [-0.3, -0.25) is 0 Å². The average Bonchev–Trinajstić information content (AvgIpc) is 2.45. The molecule has 0 aliphatic carbocycles. The second-order valence-electron chi connectivity index (χ2n) is 4.84. The summed E-state index contributed by atoms with van der Waals surface area (Å²) >= 11 is 0. The first-order valence-electron chi connectivity index (χ1n) is 6.32. The van der Waals surface area contributed by atoms with Crippen molar-refractivity contribution < 1.29 is 18.4 Å². The molecule has 116 valence electrons. The largest absolute Gasteiger partial charge is 0.433 e. The molecule has 0 bridgehead atoms. The van der Waals surface area contributed by atoms with Crippen LogP contribution in [0.25, 0.3) is 0 Å². The average molecular weight is 303 g/mol. The van der Waals surface area contributed by atoms with Crippen LogP contribution in [0.4, 0.5) is 19.0 Å². The summed E-state index contributed by atoms with van der Waals surface area (Å²) in [5, 5.41) is 11.6. The number of pyridine rings is 1. The van der Waals surface area contributed by atoms with Gasteiger partial charge < -0.3 is 20.7 Å². The smallest absolute Gasteiger partial charge is 0.409 e. The first kappa shape index (κ1) is 15.4. The summed E-state index contributed by atoms with van der Waals surface area (Å²) in [5.74, 6) is -0.168. The third kappa shape index (κ3) is 3.35. The minimum atomic E-state index is -4.54. The maximum atomic E-state index is 12.8. The minimum Gasteiger partial charge on any atom is -0.409 e. The molecular weight excluding hydrogens is 287 g/mol. The Morgan fingerprint density at radius 3 is 2.43 bits per heavy atom. The highest BCUT2D eigenvalue weighted by atomic mass is 19.4. The van der Waals surface area contributed by atoms with Crippen molar-refractivity contribution in [3.63, 3.8) is 0 Å². The number of hydrogen-bond acceptors (Lipinski definition) is 5. The van der Waals surface area contributed by atoms with E-state index in [1.54, 1.807) is 4.90 Å². The van der Waals surface area contributed by atoms with Gasteiger partial charge in [-0.05, 0) is 19.2 Å². The maximum Gasteiger partial charge on any atom is 0.433 e. The highest BCUT2D eigenvalue weighted by Crippen LogP contribution is 2.30. The molecule has 1 aromatic heterocycles. The van der Waals surface area contributed by atoms with Gasteiger partial charge in [-0.1, -0.05) is 5.16 Å². The molecule has 0 aromatic carbocycles. The normalized spacial score (nSPS) is 18.1. The van der Waals surface area contributed by atoms with Crippen molar-refractivity contribution in [2.75, 3.05) is 38.1 Å². The quantitative estimate of drug-likeness (QED) is 0.368. The molecule has 1 saturated heterocycles. The SMILES string of the molecule is CN1CCN(c2nc(C(F)(F)F)ccc2C(N)=NO)CC1. The van der Waals surface area contributed by atoms with Crippen LogP contribution in [-0.2, 0) is 6.18 Å². The number of aromatic nitrogens is 1. The van der Waals surface area contributed by atoms with Gasteiger partial charge in [0.25, 0.3) is 0 Å². The number of rotatable bonds is 2. The first-order chi connectivity index (χ1) is 9.82. The fourth-order valence-corrected chi connectivity index (χ4v) is 2.12. The monoisotopic (exact) mass is 303 g/mol. The molecule has 0 saturated carbocycles. The van der Waals surface area contributed by atoms with Crippen LogP contribution in [0.2, 0.25) is 0 Å². The third-order valence-electron chi connectivity index (χ3n) is 3.35. The summed E-state index contributed by atoms with van der Waals surface area (Å²) < 4.78 is 38.4. The molecule has 0 amide bonds. The Morgan fingerprint density at radius 1 is 1.29 bits per heavy atom. The Hall–Kier alpha value is -2.03. The summed E-state index contributed by atoms with van der Waals surface area (Å²) in [7, 11) is 1.93. The molecule has 0 spiro atoms. The van der Waals surface area contributed by atoms with Crippen LogP contribution in [0, 0.1) is 0 Å². The topological polar surface area (TPSA) is 78.0 Å². The zero-order chi connectivity index (χ0) is 15.6. The molecular formula is C12H16F3N5O. The molecule has 1 fully saturated rings. The van der Waals surface area contributed by atoms with E-state index in [1.807, 2.05) is 7.05 Å². The van der Waals surface area contributed by atoms with Crippen LogP contribution in [0.15, 0.2) is 17.3 Å². The zero-order valence-electron chi connectivity index (χ0n) is 11.4. The predicted octanol–water partition coefficient (Wildman–Crippen LogP) is 0.947. The van der Waals surface area contributed by atoms with Gasteiger partial charge in [-0.2, -0.15) is 13.2 Å². The van der Waals surface area contributed by atoms with E-state index in [4.69, 9.17) is 10.9 Å². The molecule has 21 heavy (non-hydrogen) atoms. The van der Waals surface area contributed by atoms with Gasteiger partial charge in [0.15, 0.2) is 5.84 Å². The summed E-state index contributed by atoms with van der Waals surface area (Å²) in [6.45, 7) is 2.45. The molecule has 1 aromatic rings. The van der Waals surface area contributed by atoms with Gasteiger partial charge in [0, 0.05) is 26.2 Å². The van der Waals surface area contributed by atoms with E-state index in [0.29, 0.717) is 26.2 Å². The number of amidine groups is 1. The number of likely N-dealkylation sites (N-methyl/N-ethyl adjacent to an activating group) is 1. The lowest BCUT2D eigenvalue weighted by Crippen LogP contribution is -2.45. The molecule has 2 rings (SSSR count). The van der Waals surface area contributed by atoms with Gasteiger partial charge in [-0.25, -0.2) is 4.98 Å². The van der Waals surface area contributed by atoms with E-state index in [2.05, 4.69) is 15.0 Å². The van der Waals surface area contributed by atoms with E-state index >= 15 is 0 Å². The number of piperazine rings is 1. The number of anilines is 1. The number of alkyl halides is 3. The van der Waals surface area contributed by atoms with E-state index < -0.39 is 11.9 Å². The lowest BCUT2D eigenvalue weighted by Gasteiger charge is -2.34. The Kier molecular flexibility index (Phi) is 4.21. The van der Waals surface area contributed by atoms with Gasteiger partial charge in [0.05, 0.1) is 5.56 Å². The Balaban J connectivity index is 2.43. The molecule has 6 nitrogen and oxygen atoms in total. The molecule has 0 unspecified atom stereocenters. The Bertz CT molecular complexity index is 538. The molecule has 2 heterocycles. The van der Waals surface area contributed by atoms with Crippen molar-refractivity contribution in [2.24, 2.45) is 10.9 Å². The summed E-state index contributed by atoms with van der Waals surface area (Å²) in [6, 6.07) is 2.01. The van der Waals surface area contributed by atoms with E-state index in [0.717, 1.165) is 6.07 Å². The standard InChI is InChI=1S/C12H16F3N5O/c1-19-4-6-20(7-5-19)11-8(10(16)18-21)2-3-9(17-11)12(13,14)15/h2-3,21H,4-7H2,1H3,(H2,16,18). The summed E-state index contributed by atoms with van der Waals surface area (Å²) in [6.07, 6.45) is -4.54. The highest BCUT2D eigenvalue weighted by Gasteiger charge is 2.34. The number of halogens is 3. The van der Waals surface area contributed by atoms with Crippen LogP contribution < -0.4 is 10.6 Å². The van der Waals surface area contributed by atoms with Crippen molar-refractivity contribution >= 4 is 11.7 Å². The van der Waals surface area contributed by atoms with E-state index in [9.17, 15) is 13.2 Å². The third-order valence-corrected chi connectivity index (χ3v) is 3.35. The van der Waals surface area contributed by atoms with E-state index in [1.165, 1.54) is 6.07 Å². The molecule has 0 atom stereocenters. The van der Waals surface area contributed by atoms with Crippen LogP contribution in [-0.4, -0.2) is 54.2 Å². The Morgan fingerprint density at radius 2 is 1.90 bits per heavy atom. The lowest BCUT2D eigenvalue weighted by atomic mass is 10.2. The number of oxime groups is 1. The number of nitrogens with two attached hydrogens (primary N) is 1. The zero-order valence-corrected chi connectivity index (χ0v) is 11.4. The van der Waals surface area contributed by atoms with Crippen molar-refractivity contribution in [1.29, 1.82) is 0 Å². The molecule has 1 aliphatic heterocycles. The first-order valence-corrected chi connectivity index (χ1v) is 6.32. The minimum absolute atomic E-state index is 0.0909. The molecule has 1 aliphatic rings.